The van der Waals surface area contributed by atoms with Gasteiger partial charge in [-0.2, -0.15) is 10.2 Å². The zero-order valence-corrected chi connectivity index (χ0v) is 16.5. The molecule has 6 nitrogen and oxygen atoms in total. The van der Waals surface area contributed by atoms with Gasteiger partial charge >= 0.3 is 0 Å². The smallest absolute Gasteiger partial charge is 0.124 e. The molecule has 1 aliphatic heterocycles. The second-order valence-corrected chi connectivity index (χ2v) is 6.84. The Bertz CT molecular complexity index is 959. The van der Waals surface area contributed by atoms with E-state index in [1.165, 1.54) is 5.56 Å². The fraction of sp³-hybridized carbons (Fsp3) is 0.364. The summed E-state index contributed by atoms with van der Waals surface area (Å²) >= 11 is 0. The third-order valence-corrected chi connectivity index (χ3v) is 5.30. The summed E-state index contributed by atoms with van der Waals surface area (Å²) in [5.74, 6) is 1.71. The lowest BCUT2D eigenvalue weighted by molar-refractivity contribution is 0.0398. The van der Waals surface area contributed by atoms with Crippen LogP contribution in [0.15, 0.2) is 42.6 Å². The van der Waals surface area contributed by atoms with Crippen LogP contribution in [0.4, 0.5) is 5.69 Å². The molecule has 2 heterocycles. The lowest BCUT2D eigenvalue weighted by Gasteiger charge is -2.35. The van der Waals surface area contributed by atoms with Crippen LogP contribution in [0.25, 0.3) is 10.9 Å². The summed E-state index contributed by atoms with van der Waals surface area (Å²) in [7, 11) is 3.37. The first-order valence-electron chi connectivity index (χ1n) is 9.56. The first-order valence-corrected chi connectivity index (χ1v) is 9.56. The molecule has 0 aliphatic carbocycles. The van der Waals surface area contributed by atoms with Crippen molar-refractivity contribution in [3.05, 3.63) is 53.7 Å². The number of benzene rings is 2. The molecule has 1 aliphatic rings. The molecule has 0 amide bonds. The van der Waals surface area contributed by atoms with Crippen LogP contribution in [-0.4, -0.2) is 44.1 Å². The van der Waals surface area contributed by atoms with E-state index in [1.807, 2.05) is 24.4 Å². The van der Waals surface area contributed by atoms with Gasteiger partial charge in [-0.1, -0.05) is 19.1 Å². The predicted molar refractivity (Wildman–Crippen MR) is 109 cm³/mol. The van der Waals surface area contributed by atoms with Gasteiger partial charge in [0.2, 0.25) is 0 Å². The van der Waals surface area contributed by atoms with E-state index in [0.29, 0.717) is 6.61 Å². The van der Waals surface area contributed by atoms with Crippen molar-refractivity contribution in [3.8, 4) is 11.5 Å². The van der Waals surface area contributed by atoms with Crippen molar-refractivity contribution in [1.82, 2.24) is 10.2 Å². The second-order valence-electron chi connectivity index (χ2n) is 6.84. The van der Waals surface area contributed by atoms with Gasteiger partial charge in [-0.05, 0) is 35.7 Å². The maximum atomic E-state index is 6.04. The van der Waals surface area contributed by atoms with Gasteiger partial charge in [0, 0.05) is 24.5 Å². The predicted octanol–water partition coefficient (Wildman–Crippen LogP) is 3.79. The van der Waals surface area contributed by atoms with Gasteiger partial charge in [-0.25, -0.2) is 0 Å². The summed E-state index contributed by atoms with van der Waals surface area (Å²) in [5.41, 5.74) is 4.25. The first-order chi connectivity index (χ1) is 13.7. The van der Waals surface area contributed by atoms with E-state index in [9.17, 15) is 0 Å². The highest BCUT2D eigenvalue weighted by molar-refractivity contribution is 5.92. The monoisotopic (exact) mass is 379 g/mol. The number of hydrogen-bond acceptors (Lipinski definition) is 6. The largest absolute Gasteiger partial charge is 0.497 e. The number of nitrogens with zero attached hydrogens (tertiary/aromatic N) is 3. The number of anilines is 1. The Balaban J connectivity index is 1.66. The van der Waals surface area contributed by atoms with Crippen LogP contribution in [0.2, 0.25) is 0 Å². The van der Waals surface area contributed by atoms with Crippen LogP contribution in [0.1, 0.15) is 24.2 Å². The lowest BCUT2D eigenvalue weighted by Crippen LogP contribution is -2.38. The Morgan fingerprint density at radius 2 is 1.96 bits per heavy atom. The summed E-state index contributed by atoms with van der Waals surface area (Å²) in [4.78, 5) is 2.33. The summed E-state index contributed by atoms with van der Waals surface area (Å²) in [6.07, 6.45) is 2.76. The van der Waals surface area contributed by atoms with Crippen LogP contribution < -0.4 is 14.4 Å². The van der Waals surface area contributed by atoms with Crippen LogP contribution >= 0.6 is 0 Å². The van der Waals surface area contributed by atoms with E-state index in [-0.39, 0.29) is 6.10 Å². The Morgan fingerprint density at radius 3 is 2.68 bits per heavy atom. The van der Waals surface area contributed by atoms with Crippen molar-refractivity contribution in [2.45, 2.75) is 19.4 Å². The van der Waals surface area contributed by atoms with E-state index in [1.54, 1.807) is 14.2 Å². The van der Waals surface area contributed by atoms with Gasteiger partial charge in [0.15, 0.2) is 0 Å². The van der Waals surface area contributed by atoms with Crippen LogP contribution in [0, 0.1) is 0 Å². The minimum absolute atomic E-state index is 0.00626. The van der Waals surface area contributed by atoms with Gasteiger partial charge in [-0.3, -0.25) is 0 Å². The quantitative estimate of drug-likeness (QED) is 0.672. The SMILES string of the molecule is CCc1cc2c(N3CCOC(c4ccc(OC)cc4)C3)cnnc2cc1OC. The highest BCUT2D eigenvalue weighted by atomic mass is 16.5. The average Bonchev–Trinajstić information content (AvgIpc) is 2.77. The fourth-order valence-corrected chi connectivity index (χ4v) is 3.72. The van der Waals surface area contributed by atoms with E-state index in [0.717, 1.165) is 53.2 Å². The summed E-state index contributed by atoms with van der Waals surface area (Å²) in [6.45, 7) is 4.38. The molecule has 2 aromatic carbocycles. The Hall–Kier alpha value is -2.86. The van der Waals surface area contributed by atoms with Gasteiger partial charge < -0.3 is 19.1 Å². The van der Waals surface area contributed by atoms with Gasteiger partial charge in [0.25, 0.3) is 0 Å². The lowest BCUT2D eigenvalue weighted by atomic mass is 10.0. The van der Waals surface area contributed by atoms with E-state index < -0.39 is 0 Å². The number of methoxy groups -OCH3 is 2. The zero-order chi connectivity index (χ0) is 19.5. The molecule has 3 aromatic rings. The van der Waals surface area contributed by atoms with Gasteiger partial charge in [-0.15, -0.1) is 0 Å². The molecule has 0 saturated carbocycles. The molecule has 1 unspecified atom stereocenters. The third kappa shape index (κ3) is 3.47. The van der Waals surface area contributed by atoms with Gasteiger partial charge in [0.1, 0.15) is 17.6 Å². The average molecular weight is 379 g/mol. The summed E-state index contributed by atoms with van der Waals surface area (Å²) in [6, 6.07) is 12.2. The molecule has 0 bridgehead atoms. The van der Waals surface area contributed by atoms with Gasteiger partial charge in [0.05, 0.1) is 38.2 Å². The molecule has 0 radical (unpaired) electrons. The Morgan fingerprint density at radius 1 is 1.14 bits per heavy atom. The molecular weight excluding hydrogens is 354 g/mol. The Labute approximate surface area is 165 Å². The number of hydrogen-bond donors (Lipinski definition) is 0. The summed E-state index contributed by atoms with van der Waals surface area (Å²) in [5, 5.41) is 9.65. The van der Waals surface area contributed by atoms with Crippen molar-refractivity contribution in [3.63, 3.8) is 0 Å². The highest BCUT2D eigenvalue weighted by Crippen LogP contribution is 2.33. The third-order valence-electron chi connectivity index (χ3n) is 5.30. The molecule has 1 aromatic heterocycles. The molecule has 1 atom stereocenters. The van der Waals surface area contributed by atoms with Crippen molar-refractivity contribution in [2.75, 3.05) is 38.8 Å². The Kier molecular flexibility index (Phi) is 5.30. The molecule has 0 spiro atoms. The molecule has 1 saturated heterocycles. The maximum Gasteiger partial charge on any atom is 0.124 e. The number of aromatic nitrogens is 2. The van der Waals surface area contributed by atoms with Crippen molar-refractivity contribution in [1.29, 1.82) is 0 Å². The number of rotatable bonds is 5. The molecule has 0 N–H and O–H groups in total. The second kappa shape index (κ2) is 8.02. The first kappa shape index (κ1) is 18.5. The molecule has 6 heteroatoms. The van der Waals surface area contributed by atoms with Crippen molar-refractivity contribution >= 4 is 16.6 Å². The molecule has 146 valence electrons. The molecule has 4 rings (SSSR count). The van der Waals surface area contributed by atoms with E-state index >= 15 is 0 Å². The standard InChI is InChI=1S/C22H25N3O3/c1-4-15-11-18-19(12-21(15)27-3)24-23-13-20(18)25-9-10-28-22(14-25)16-5-7-17(26-2)8-6-16/h5-8,11-13,22H,4,9-10,14H2,1-3H3. The maximum absolute atomic E-state index is 6.04. The number of ether oxygens (including phenoxy) is 3. The van der Waals surface area contributed by atoms with Crippen molar-refractivity contribution in [2.24, 2.45) is 0 Å². The van der Waals surface area contributed by atoms with Crippen LogP contribution in [-0.2, 0) is 11.2 Å². The van der Waals surface area contributed by atoms with Crippen LogP contribution in [0.3, 0.4) is 0 Å². The number of aryl methyl sites for hydroxylation is 1. The highest BCUT2D eigenvalue weighted by Gasteiger charge is 2.24. The fourth-order valence-electron chi connectivity index (χ4n) is 3.72. The minimum atomic E-state index is 0.00626. The zero-order valence-electron chi connectivity index (χ0n) is 16.5. The van der Waals surface area contributed by atoms with E-state index in [2.05, 4.69) is 40.2 Å². The van der Waals surface area contributed by atoms with Crippen LogP contribution in [0.5, 0.6) is 11.5 Å². The molecule has 1 fully saturated rings. The van der Waals surface area contributed by atoms with Crippen molar-refractivity contribution < 1.29 is 14.2 Å². The number of morpholine rings is 1. The topological polar surface area (TPSA) is 56.7 Å². The normalized spacial score (nSPS) is 17.0. The minimum Gasteiger partial charge on any atom is -0.497 e. The molecule has 28 heavy (non-hydrogen) atoms. The number of fused-ring (bicyclic) bond motifs is 1. The summed E-state index contributed by atoms with van der Waals surface area (Å²) < 4.78 is 16.8. The van der Waals surface area contributed by atoms with E-state index in [4.69, 9.17) is 14.2 Å². The molecular formula is C22H25N3O3.